The van der Waals surface area contributed by atoms with Crippen LogP contribution in [-0.4, -0.2) is 29.8 Å². The number of ether oxygens (including phenoxy) is 2. The molecule has 23 heavy (non-hydrogen) atoms. The maximum Gasteiger partial charge on any atom is 0.142 e. The maximum absolute atomic E-state index is 5.91. The Morgan fingerprint density at radius 2 is 2.04 bits per heavy atom. The first-order valence-electron chi connectivity index (χ1n) is 7.82. The Morgan fingerprint density at radius 3 is 2.83 bits per heavy atom. The van der Waals surface area contributed by atoms with Crippen molar-refractivity contribution in [2.45, 2.75) is 26.8 Å². The van der Waals surface area contributed by atoms with Crippen LogP contribution < -0.4 is 15.8 Å². The molecule has 2 aromatic rings. The molecule has 0 fully saturated rings. The molecule has 0 radical (unpaired) electrons. The van der Waals surface area contributed by atoms with Gasteiger partial charge in [0.2, 0.25) is 0 Å². The van der Waals surface area contributed by atoms with Crippen LogP contribution in [0, 0.1) is 6.92 Å². The molecule has 1 aromatic heterocycles. The standard InChI is InChI=1S/C17H24N4O2/c1-3-22-9-6-10-23-16-8-5-4-7-15(16)20-12-14-11-19-13(2)21-17(14)18/h4-5,7-8,11,20H,3,6,9-10,12H2,1-2H3,(H2,18,19,21). The van der Waals surface area contributed by atoms with Crippen LogP contribution in [0.1, 0.15) is 24.7 Å². The molecule has 124 valence electrons. The summed E-state index contributed by atoms with van der Waals surface area (Å²) in [5.74, 6) is 1.99. The summed E-state index contributed by atoms with van der Waals surface area (Å²) >= 11 is 0. The number of nitrogens with two attached hydrogens (primary N) is 1. The van der Waals surface area contributed by atoms with Crippen LogP contribution >= 0.6 is 0 Å². The number of nitrogens with one attached hydrogen (secondary N) is 1. The summed E-state index contributed by atoms with van der Waals surface area (Å²) < 4.78 is 11.1. The smallest absolute Gasteiger partial charge is 0.142 e. The second kappa shape index (κ2) is 8.95. The number of anilines is 2. The summed E-state index contributed by atoms with van der Waals surface area (Å²) in [5.41, 5.74) is 7.70. The number of nitrogen functional groups attached to an aromatic ring is 1. The minimum atomic E-state index is 0.500. The van der Waals surface area contributed by atoms with Crippen molar-refractivity contribution in [2.24, 2.45) is 0 Å². The molecule has 0 atom stereocenters. The number of aryl methyl sites for hydroxylation is 1. The second-order valence-corrected chi connectivity index (χ2v) is 5.08. The lowest BCUT2D eigenvalue weighted by atomic mass is 10.2. The molecule has 0 unspecified atom stereocenters. The summed E-state index contributed by atoms with van der Waals surface area (Å²) in [6.07, 6.45) is 2.61. The van der Waals surface area contributed by atoms with Gasteiger partial charge in [-0.3, -0.25) is 0 Å². The van der Waals surface area contributed by atoms with Gasteiger partial charge in [-0.1, -0.05) is 12.1 Å². The van der Waals surface area contributed by atoms with E-state index in [0.29, 0.717) is 31.4 Å². The van der Waals surface area contributed by atoms with E-state index < -0.39 is 0 Å². The number of rotatable bonds is 9. The monoisotopic (exact) mass is 316 g/mol. The molecule has 6 heteroatoms. The Kier molecular flexibility index (Phi) is 6.62. The normalized spacial score (nSPS) is 10.5. The third-order valence-corrected chi connectivity index (χ3v) is 3.27. The van der Waals surface area contributed by atoms with Gasteiger partial charge in [0.25, 0.3) is 0 Å². The summed E-state index contributed by atoms with van der Waals surface area (Å²) in [6, 6.07) is 7.83. The van der Waals surface area contributed by atoms with Gasteiger partial charge in [-0.05, 0) is 26.0 Å². The molecular formula is C17H24N4O2. The van der Waals surface area contributed by atoms with Crippen LogP contribution in [0.5, 0.6) is 5.75 Å². The van der Waals surface area contributed by atoms with Crippen molar-refractivity contribution in [3.8, 4) is 5.75 Å². The Morgan fingerprint density at radius 1 is 1.22 bits per heavy atom. The van der Waals surface area contributed by atoms with Gasteiger partial charge in [0.15, 0.2) is 0 Å². The summed E-state index contributed by atoms with van der Waals surface area (Å²) in [5, 5.41) is 3.33. The lowest BCUT2D eigenvalue weighted by molar-refractivity contribution is 0.131. The van der Waals surface area contributed by atoms with Gasteiger partial charge in [-0.15, -0.1) is 0 Å². The van der Waals surface area contributed by atoms with Crippen molar-refractivity contribution in [3.63, 3.8) is 0 Å². The van der Waals surface area contributed by atoms with E-state index in [-0.39, 0.29) is 0 Å². The Labute approximate surface area is 137 Å². The molecule has 1 aromatic carbocycles. The number of hydrogen-bond donors (Lipinski definition) is 2. The molecule has 0 aliphatic heterocycles. The molecule has 0 spiro atoms. The minimum absolute atomic E-state index is 0.500. The minimum Gasteiger partial charge on any atom is -0.491 e. The molecule has 0 amide bonds. The number of para-hydroxylation sites is 2. The third kappa shape index (κ3) is 5.41. The SMILES string of the molecule is CCOCCCOc1ccccc1NCc1cnc(C)nc1N. The molecule has 3 N–H and O–H groups in total. The molecule has 0 bridgehead atoms. The average Bonchev–Trinajstić information content (AvgIpc) is 2.55. The van der Waals surface area contributed by atoms with E-state index in [1.54, 1.807) is 6.20 Å². The van der Waals surface area contributed by atoms with Crippen LogP contribution in [0.25, 0.3) is 0 Å². The van der Waals surface area contributed by atoms with E-state index >= 15 is 0 Å². The molecule has 1 heterocycles. The molecule has 0 saturated heterocycles. The zero-order chi connectivity index (χ0) is 16.5. The molecule has 6 nitrogen and oxygen atoms in total. The fourth-order valence-electron chi connectivity index (χ4n) is 2.07. The van der Waals surface area contributed by atoms with Crippen molar-refractivity contribution < 1.29 is 9.47 Å². The molecule has 0 saturated carbocycles. The molecule has 2 rings (SSSR count). The summed E-state index contributed by atoms with van der Waals surface area (Å²) in [7, 11) is 0. The number of aromatic nitrogens is 2. The highest BCUT2D eigenvalue weighted by Gasteiger charge is 2.05. The number of benzene rings is 1. The van der Waals surface area contributed by atoms with Gasteiger partial charge >= 0.3 is 0 Å². The number of hydrogen-bond acceptors (Lipinski definition) is 6. The second-order valence-electron chi connectivity index (χ2n) is 5.08. The molecular weight excluding hydrogens is 292 g/mol. The first kappa shape index (κ1) is 17.0. The Bertz CT molecular complexity index is 619. The summed E-state index contributed by atoms with van der Waals surface area (Å²) in [6.45, 7) is 6.42. The van der Waals surface area contributed by atoms with E-state index in [2.05, 4.69) is 15.3 Å². The first-order chi connectivity index (χ1) is 11.2. The van der Waals surface area contributed by atoms with Crippen LogP contribution in [0.2, 0.25) is 0 Å². The van der Waals surface area contributed by atoms with Gasteiger partial charge in [-0.25, -0.2) is 9.97 Å². The van der Waals surface area contributed by atoms with E-state index in [1.807, 2.05) is 38.1 Å². The van der Waals surface area contributed by atoms with Crippen molar-refractivity contribution in [3.05, 3.63) is 41.9 Å². The van der Waals surface area contributed by atoms with Gasteiger partial charge in [0, 0.05) is 37.9 Å². The highest BCUT2D eigenvalue weighted by Crippen LogP contribution is 2.24. The molecule has 0 aliphatic rings. The lowest BCUT2D eigenvalue weighted by Crippen LogP contribution is -2.08. The van der Waals surface area contributed by atoms with Crippen LogP contribution in [0.4, 0.5) is 11.5 Å². The van der Waals surface area contributed by atoms with E-state index in [4.69, 9.17) is 15.2 Å². The Balaban J connectivity index is 1.92. The van der Waals surface area contributed by atoms with E-state index in [9.17, 15) is 0 Å². The predicted octanol–water partition coefficient (Wildman–Crippen LogP) is 2.78. The van der Waals surface area contributed by atoms with Crippen molar-refractivity contribution in [1.29, 1.82) is 0 Å². The van der Waals surface area contributed by atoms with Crippen molar-refractivity contribution in [2.75, 3.05) is 30.9 Å². The fourth-order valence-corrected chi connectivity index (χ4v) is 2.07. The zero-order valence-electron chi connectivity index (χ0n) is 13.7. The highest BCUT2D eigenvalue weighted by atomic mass is 16.5. The number of nitrogens with zero attached hydrogens (tertiary/aromatic N) is 2. The van der Waals surface area contributed by atoms with Crippen LogP contribution in [0.15, 0.2) is 30.5 Å². The van der Waals surface area contributed by atoms with Crippen LogP contribution in [0.3, 0.4) is 0 Å². The highest BCUT2D eigenvalue weighted by molar-refractivity contribution is 5.57. The third-order valence-electron chi connectivity index (χ3n) is 3.27. The zero-order valence-corrected chi connectivity index (χ0v) is 13.7. The molecule has 0 aliphatic carbocycles. The first-order valence-corrected chi connectivity index (χ1v) is 7.82. The van der Waals surface area contributed by atoms with Gasteiger partial charge < -0.3 is 20.5 Å². The maximum atomic E-state index is 5.91. The van der Waals surface area contributed by atoms with Crippen molar-refractivity contribution in [1.82, 2.24) is 9.97 Å². The van der Waals surface area contributed by atoms with E-state index in [0.717, 1.165) is 30.0 Å². The van der Waals surface area contributed by atoms with Crippen LogP contribution in [-0.2, 0) is 11.3 Å². The fraction of sp³-hybridized carbons (Fsp3) is 0.412. The van der Waals surface area contributed by atoms with Crippen molar-refractivity contribution >= 4 is 11.5 Å². The average molecular weight is 316 g/mol. The topological polar surface area (TPSA) is 82.3 Å². The lowest BCUT2D eigenvalue weighted by Gasteiger charge is -2.14. The Hall–Kier alpha value is -2.34. The van der Waals surface area contributed by atoms with Gasteiger partial charge in [0.05, 0.1) is 12.3 Å². The van der Waals surface area contributed by atoms with Gasteiger partial charge in [0.1, 0.15) is 17.4 Å². The van der Waals surface area contributed by atoms with Gasteiger partial charge in [-0.2, -0.15) is 0 Å². The largest absolute Gasteiger partial charge is 0.491 e. The summed E-state index contributed by atoms with van der Waals surface area (Å²) in [4.78, 5) is 8.34. The predicted molar refractivity (Wildman–Crippen MR) is 91.6 cm³/mol. The quantitative estimate of drug-likeness (QED) is 0.692. The van der Waals surface area contributed by atoms with E-state index in [1.165, 1.54) is 0 Å².